The molecule has 1 atom stereocenters. The number of fused-ring (bicyclic) bond motifs is 1. The van der Waals surface area contributed by atoms with E-state index in [1.54, 1.807) is 11.3 Å². The van der Waals surface area contributed by atoms with Crippen molar-refractivity contribution in [1.82, 2.24) is 0 Å². The van der Waals surface area contributed by atoms with Crippen LogP contribution in [-0.4, -0.2) is 17.3 Å². The monoisotopic (exact) mass is 266 g/mol. The quantitative estimate of drug-likeness (QED) is 0.595. The van der Waals surface area contributed by atoms with Gasteiger partial charge in [-0.05, 0) is 49.5 Å². The third-order valence-electron chi connectivity index (χ3n) is 3.79. The molecule has 1 saturated heterocycles. The average molecular weight is 266 g/mol. The largest absolute Gasteiger partial charge is 0.293 e. The highest BCUT2D eigenvalue weighted by molar-refractivity contribution is 7.99. The molecule has 0 aromatic carbocycles. The summed E-state index contributed by atoms with van der Waals surface area (Å²) >= 11 is 3.71. The van der Waals surface area contributed by atoms with Crippen LogP contribution >= 0.6 is 23.1 Å². The molecule has 17 heavy (non-hydrogen) atoms. The van der Waals surface area contributed by atoms with Crippen LogP contribution in [0.3, 0.4) is 0 Å². The molecule has 1 aromatic heterocycles. The molecule has 1 aliphatic heterocycles. The highest BCUT2D eigenvalue weighted by Crippen LogP contribution is 2.33. The number of thiophene rings is 1. The lowest BCUT2D eigenvalue weighted by Crippen LogP contribution is -2.12. The summed E-state index contributed by atoms with van der Waals surface area (Å²) in [5.74, 6) is 2.94. The van der Waals surface area contributed by atoms with Crippen LogP contribution in [0.5, 0.6) is 0 Å². The van der Waals surface area contributed by atoms with Gasteiger partial charge in [0.25, 0.3) is 0 Å². The van der Waals surface area contributed by atoms with E-state index in [1.807, 2.05) is 11.8 Å². The Labute approximate surface area is 111 Å². The number of Topliss-reactive ketones (excluding diaryl/α,β-unsaturated/α-hetero) is 1. The Morgan fingerprint density at radius 3 is 2.94 bits per heavy atom. The van der Waals surface area contributed by atoms with Crippen LogP contribution in [0, 0.1) is 5.92 Å². The molecular weight excluding hydrogens is 248 g/mol. The van der Waals surface area contributed by atoms with Crippen LogP contribution in [0.25, 0.3) is 0 Å². The SMILES string of the molecule is O=C(c1cc2c(s1)CCCCC2)C1CCSC1. The first-order chi connectivity index (χ1) is 8.34. The molecular formula is C14H18OS2. The fourth-order valence-corrected chi connectivity index (χ4v) is 5.22. The molecule has 0 N–H and O–H groups in total. The Kier molecular flexibility index (Phi) is 3.57. The first kappa shape index (κ1) is 11.8. The number of thioether (sulfide) groups is 1. The van der Waals surface area contributed by atoms with Gasteiger partial charge in [0, 0.05) is 16.5 Å². The third kappa shape index (κ3) is 2.45. The van der Waals surface area contributed by atoms with E-state index in [4.69, 9.17) is 0 Å². The molecule has 0 saturated carbocycles. The average Bonchev–Trinajstić information content (AvgIpc) is 2.95. The molecule has 2 heterocycles. The molecule has 0 bridgehead atoms. The Morgan fingerprint density at radius 2 is 2.12 bits per heavy atom. The second-order valence-electron chi connectivity index (χ2n) is 5.04. The molecule has 1 aromatic rings. The summed E-state index contributed by atoms with van der Waals surface area (Å²) < 4.78 is 0. The van der Waals surface area contributed by atoms with Crippen LogP contribution in [0.15, 0.2) is 6.07 Å². The van der Waals surface area contributed by atoms with E-state index in [0.29, 0.717) is 11.7 Å². The molecule has 92 valence electrons. The lowest BCUT2D eigenvalue weighted by atomic mass is 10.0. The number of hydrogen-bond acceptors (Lipinski definition) is 3. The zero-order valence-corrected chi connectivity index (χ0v) is 11.7. The molecule has 0 amide bonds. The van der Waals surface area contributed by atoms with Gasteiger partial charge in [0.15, 0.2) is 5.78 Å². The van der Waals surface area contributed by atoms with Crippen molar-refractivity contribution in [3.63, 3.8) is 0 Å². The van der Waals surface area contributed by atoms with Gasteiger partial charge >= 0.3 is 0 Å². The fraction of sp³-hybridized carbons (Fsp3) is 0.643. The van der Waals surface area contributed by atoms with Gasteiger partial charge in [0.1, 0.15) is 0 Å². The number of carbonyl (C=O) groups is 1. The molecule has 1 unspecified atom stereocenters. The molecule has 1 aliphatic carbocycles. The van der Waals surface area contributed by atoms with Gasteiger partial charge in [0.2, 0.25) is 0 Å². The minimum atomic E-state index is 0.308. The molecule has 0 radical (unpaired) electrons. The maximum Gasteiger partial charge on any atom is 0.176 e. The predicted molar refractivity (Wildman–Crippen MR) is 75.3 cm³/mol. The number of hydrogen-bond donors (Lipinski definition) is 0. The summed E-state index contributed by atoms with van der Waals surface area (Å²) in [6.45, 7) is 0. The van der Waals surface area contributed by atoms with Crippen molar-refractivity contribution < 1.29 is 4.79 Å². The molecule has 3 rings (SSSR count). The minimum Gasteiger partial charge on any atom is -0.293 e. The number of aryl methyl sites for hydroxylation is 2. The fourth-order valence-electron chi connectivity index (χ4n) is 2.73. The second-order valence-corrected chi connectivity index (χ2v) is 7.33. The number of ketones is 1. The zero-order valence-electron chi connectivity index (χ0n) is 10.0. The van der Waals surface area contributed by atoms with E-state index in [2.05, 4.69) is 6.07 Å². The van der Waals surface area contributed by atoms with E-state index in [-0.39, 0.29) is 0 Å². The van der Waals surface area contributed by atoms with E-state index in [0.717, 1.165) is 17.1 Å². The first-order valence-electron chi connectivity index (χ1n) is 6.58. The van der Waals surface area contributed by atoms with Crippen LogP contribution in [0.2, 0.25) is 0 Å². The minimum absolute atomic E-state index is 0.308. The molecule has 0 spiro atoms. The summed E-state index contributed by atoms with van der Waals surface area (Å²) in [6.07, 6.45) is 7.44. The van der Waals surface area contributed by atoms with E-state index in [1.165, 1.54) is 48.3 Å². The lowest BCUT2D eigenvalue weighted by Gasteiger charge is -2.04. The Bertz CT molecular complexity index is 392. The van der Waals surface area contributed by atoms with Gasteiger partial charge in [-0.1, -0.05) is 6.42 Å². The third-order valence-corrected chi connectivity index (χ3v) is 6.20. The maximum atomic E-state index is 12.3. The first-order valence-corrected chi connectivity index (χ1v) is 8.55. The van der Waals surface area contributed by atoms with Gasteiger partial charge in [-0.15, -0.1) is 11.3 Å². The van der Waals surface area contributed by atoms with Crippen LogP contribution in [-0.2, 0) is 12.8 Å². The van der Waals surface area contributed by atoms with Crippen LogP contribution < -0.4 is 0 Å². The molecule has 3 heteroatoms. The van der Waals surface area contributed by atoms with Gasteiger partial charge in [-0.3, -0.25) is 4.79 Å². The van der Waals surface area contributed by atoms with Crippen molar-refractivity contribution in [3.05, 3.63) is 21.4 Å². The summed E-state index contributed by atoms with van der Waals surface area (Å²) in [6, 6.07) is 2.20. The Morgan fingerprint density at radius 1 is 1.24 bits per heavy atom. The van der Waals surface area contributed by atoms with Crippen molar-refractivity contribution >= 4 is 28.9 Å². The van der Waals surface area contributed by atoms with Crippen molar-refractivity contribution in [2.75, 3.05) is 11.5 Å². The van der Waals surface area contributed by atoms with Crippen LogP contribution in [0.1, 0.15) is 45.8 Å². The zero-order chi connectivity index (χ0) is 11.7. The predicted octanol–water partition coefficient (Wildman–Crippen LogP) is 3.95. The van der Waals surface area contributed by atoms with E-state index >= 15 is 0 Å². The van der Waals surface area contributed by atoms with Crippen molar-refractivity contribution in [3.8, 4) is 0 Å². The summed E-state index contributed by atoms with van der Waals surface area (Å²) in [7, 11) is 0. The standard InChI is InChI=1S/C14H18OS2/c15-14(11-6-7-16-9-11)13-8-10-4-2-1-3-5-12(10)17-13/h8,11H,1-7,9H2. The van der Waals surface area contributed by atoms with Crippen molar-refractivity contribution in [2.24, 2.45) is 5.92 Å². The maximum absolute atomic E-state index is 12.3. The number of rotatable bonds is 2. The van der Waals surface area contributed by atoms with E-state index < -0.39 is 0 Å². The van der Waals surface area contributed by atoms with Gasteiger partial charge in [0.05, 0.1) is 4.88 Å². The molecule has 1 fully saturated rings. The summed E-state index contributed by atoms with van der Waals surface area (Å²) in [5.41, 5.74) is 1.47. The van der Waals surface area contributed by atoms with E-state index in [9.17, 15) is 4.79 Å². The smallest absolute Gasteiger partial charge is 0.176 e. The van der Waals surface area contributed by atoms with Gasteiger partial charge in [-0.2, -0.15) is 11.8 Å². The topological polar surface area (TPSA) is 17.1 Å². The van der Waals surface area contributed by atoms with Gasteiger partial charge in [-0.25, -0.2) is 0 Å². The second kappa shape index (κ2) is 5.15. The Balaban J connectivity index is 1.81. The number of carbonyl (C=O) groups excluding carboxylic acids is 1. The van der Waals surface area contributed by atoms with Crippen LogP contribution in [0.4, 0.5) is 0 Å². The Hall–Kier alpha value is -0.280. The summed E-state index contributed by atoms with van der Waals surface area (Å²) in [5, 5.41) is 0. The highest BCUT2D eigenvalue weighted by atomic mass is 32.2. The highest BCUT2D eigenvalue weighted by Gasteiger charge is 2.26. The van der Waals surface area contributed by atoms with Crippen molar-refractivity contribution in [1.29, 1.82) is 0 Å². The molecule has 2 aliphatic rings. The van der Waals surface area contributed by atoms with Gasteiger partial charge < -0.3 is 0 Å². The normalized spacial score (nSPS) is 24.4. The molecule has 1 nitrogen and oxygen atoms in total. The van der Waals surface area contributed by atoms with Crippen molar-refractivity contribution in [2.45, 2.75) is 38.5 Å². The summed E-state index contributed by atoms with van der Waals surface area (Å²) in [4.78, 5) is 14.9. The lowest BCUT2D eigenvalue weighted by molar-refractivity contribution is 0.0938.